The monoisotopic (exact) mass is 276 g/mol. The third-order valence-corrected chi connectivity index (χ3v) is 3.62. The van der Waals surface area contributed by atoms with Gasteiger partial charge in [0.25, 0.3) is 0 Å². The molecular weight excluding hydrogens is 260 g/mol. The van der Waals surface area contributed by atoms with Crippen LogP contribution < -0.4 is 10.6 Å². The second-order valence-electron chi connectivity index (χ2n) is 5.36. The van der Waals surface area contributed by atoms with Crippen molar-refractivity contribution in [1.29, 1.82) is 0 Å². The van der Waals surface area contributed by atoms with Crippen LogP contribution in [-0.2, 0) is 0 Å². The first kappa shape index (κ1) is 12.1. The van der Waals surface area contributed by atoms with E-state index >= 15 is 0 Å². The summed E-state index contributed by atoms with van der Waals surface area (Å²) in [6, 6.07) is 17.0. The van der Waals surface area contributed by atoms with E-state index in [1.807, 2.05) is 24.3 Å². The quantitative estimate of drug-likeness (QED) is 0.757. The van der Waals surface area contributed by atoms with E-state index < -0.39 is 0 Å². The maximum Gasteiger partial charge on any atom is 0.141 e. The van der Waals surface area contributed by atoms with E-state index in [9.17, 15) is 0 Å². The van der Waals surface area contributed by atoms with Crippen LogP contribution >= 0.6 is 0 Å². The Kier molecular flexibility index (Phi) is 2.92. The molecule has 1 fully saturated rings. The first-order valence-electron chi connectivity index (χ1n) is 7.22. The number of anilines is 3. The number of aromatic nitrogens is 2. The van der Waals surface area contributed by atoms with E-state index in [4.69, 9.17) is 0 Å². The van der Waals surface area contributed by atoms with E-state index in [0.29, 0.717) is 6.04 Å². The topological polar surface area (TPSA) is 49.8 Å². The highest BCUT2D eigenvalue weighted by Gasteiger charge is 2.20. The largest absolute Gasteiger partial charge is 0.382 e. The zero-order valence-corrected chi connectivity index (χ0v) is 11.6. The Morgan fingerprint density at radius 1 is 0.905 bits per heavy atom. The van der Waals surface area contributed by atoms with Crippen LogP contribution in [0.3, 0.4) is 0 Å². The first-order valence-corrected chi connectivity index (χ1v) is 7.22. The van der Waals surface area contributed by atoms with E-state index in [1.165, 1.54) is 12.8 Å². The number of para-hydroxylation sites is 1. The van der Waals surface area contributed by atoms with E-state index in [1.54, 1.807) is 6.33 Å². The molecule has 2 aromatic carbocycles. The molecule has 0 amide bonds. The third kappa shape index (κ3) is 2.65. The van der Waals surface area contributed by atoms with Crippen LogP contribution in [0.15, 0.2) is 54.9 Å². The number of hydrogen-bond acceptors (Lipinski definition) is 4. The summed E-state index contributed by atoms with van der Waals surface area (Å²) in [4.78, 5) is 8.65. The van der Waals surface area contributed by atoms with Gasteiger partial charge >= 0.3 is 0 Å². The summed E-state index contributed by atoms with van der Waals surface area (Å²) in [5.41, 5.74) is 3.13. The van der Waals surface area contributed by atoms with Crippen LogP contribution in [-0.4, -0.2) is 16.0 Å². The minimum Gasteiger partial charge on any atom is -0.382 e. The molecule has 104 valence electrons. The van der Waals surface area contributed by atoms with Gasteiger partial charge in [-0.05, 0) is 43.2 Å². The predicted octanol–water partition coefficient (Wildman–Crippen LogP) is 3.95. The van der Waals surface area contributed by atoms with Crippen LogP contribution in [0, 0.1) is 0 Å². The molecule has 1 saturated carbocycles. The maximum atomic E-state index is 4.36. The van der Waals surface area contributed by atoms with Gasteiger partial charge in [-0.1, -0.05) is 18.2 Å². The van der Waals surface area contributed by atoms with Crippen molar-refractivity contribution < 1.29 is 0 Å². The number of benzene rings is 2. The Bertz CT molecular complexity index is 775. The molecule has 4 heteroatoms. The summed E-state index contributed by atoms with van der Waals surface area (Å²) in [6.07, 6.45) is 4.14. The second-order valence-corrected chi connectivity index (χ2v) is 5.36. The van der Waals surface area contributed by atoms with Crippen LogP contribution in [0.25, 0.3) is 10.9 Å². The highest BCUT2D eigenvalue weighted by Crippen LogP contribution is 2.28. The average molecular weight is 276 g/mol. The van der Waals surface area contributed by atoms with Gasteiger partial charge in [-0.25, -0.2) is 9.97 Å². The fourth-order valence-electron chi connectivity index (χ4n) is 2.39. The molecule has 0 spiro atoms. The Morgan fingerprint density at radius 2 is 1.76 bits per heavy atom. The van der Waals surface area contributed by atoms with Crippen molar-refractivity contribution in [2.24, 2.45) is 0 Å². The van der Waals surface area contributed by atoms with Gasteiger partial charge < -0.3 is 10.6 Å². The molecule has 0 aliphatic heterocycles. The fraction of sp³-hybridized carbons (Fsp3) is 0.176. The van der Waals surface area contributed by atoms with E-state index in [0.717, 1.165) is 28.1 Å². The van der Waals surface area contributed by atoms with Gasteiger partial charge in [-0.2, -0.15) is 0 Å². The Hall–Kier alpha value is -2.62. The normalized spacial score (nSPS) is 14.1. The van der Waals surface area contributed by atoms with Crippen molar-refractivity contribution in [2.45, 2.75) is 18.9 Å². The molecule has 4 nitrogen and oxygen atoms in total. The highest BCUT2D eigenvalue weighted by molar-refractivity contribution is 5.90. The summed E-state index contributed by atoms with van der Waals surface area (Å²) >= 11 is 0. The second kappa shape index (κ2) is 5.05. The molecule has 1 aromatic heterocycles. The van der Waals surface area contributed by atoms with Crippen molar-refractivity contribution >= 4 is 28.1 Å². The molecular formula is C17H16N4. The zero-order chi connectivity index (χ0) is 14.1. The average Bonchev–Trinajstić information content (AvgIpc) is 3.32. The summed E-state index contributed by atoms with van der Waals surface area (Å²) in [5, 5.41) is 7.92. The first-order chi connectivity index (χ1) is 10.4. The summed E-state index contributed by atoms with van der Waals surface area (Å²) in [6.45, 7) is 0. The van der Waals surface area contributed by atoms with Crippen LogP contribution in [0.2, 0.25) is 0 Å². The SMILES string of the molecule is c1cc(Nc2ncnc3ccccc23)cc(NC2CC2)c1. The van der Waals surface area contributed by atoms with Crippen molar-refractivity contribution in [3.8, 4) is 0 Å². The zero-order valence-electron chi connectivity index (χ0n) is 11.6. The van der Waals surface area contributed by atoms with E-state index in [-0.39, 0.29) is 0 Å². The summed E-state index contributed by atoms with van der Waals surface area (Å²) < 4.78 is 0. The smallest absolute Gasteiger partial charge is 0.141 e. The van der Waals surface area contributed by atoms with Crippen molar-refractivity contribution in [2.75, 3.05) is 10.6 Å². The van der Waals surface area contributed by atoms with Gasteiger partial charge in [0.2, 0.25) is 0 Å². The van der Waals surface area contributed by atoms with Gasteiger partial charge in [-0.3, -0.25) is 0 Å². The predicted molar refractivity (Wildman–Crippen MR) is 85.9 cm³/mol. The standard InChI is InChI=1S/C17H16N4/c1-2-7-16-15(6-1)17(19-11-18-16)21-14-5-3-4-13(10-14)20-12-8-9-12/h1-7,10-12,20H,8-9H2,(H,18,19,21). The number of hydrogen-bond donors (Lipinski definition) is 2. The van der Waals surface area contributed by atoms with Gasteiger partial charge in [0.1, 0.15) is 12.1 Å². The van der Waals surface area contributed by atoms with Crippen molar-refractivity contribution in [3.05, 3.63) is 54.9 Å². The molecule has 0 saturated heterocycles. The van der Waals surface area contributed by atoms with Crippen molar-refractivity contribution in [1.82, 2.24) is 9.97 Å². The highest BCUT2D eigenvalue weighted by atomic mass is 15.0. The number of nitrogens with zero attached hydrogens (tertiary/aromatic N) is 2. The van der Waals surface area contributed by atoms with Crippen molar-refractivity contribution in [3.63, 3.8) is 0 Å². The molecule has 1 aliphatic rings. The molecule has 0 bridgehead atoms. The maximum absolute atomic E-state index is 4.36. The molecule has 0 unspecified atom stereocenters. The Labute approximate surface area is 123 Å². The van der Waals surface area contributed by atoms with Crippen LogP contribution in [0.1, 0.15) is 12.8 Å². The molecule has 1 heterocycles. The summed E-state index contributed by atoms with van der Waals surface area (Å²) in [7, 11) is 0. The number of fused-ring (bicyclic) bond motifs is 1. The Morgan fingerprint density at radius 3 is 2.67 bits per heavy atom. The Balaban J connectivity index is 1.64. The van der Waals surface area contributed by atoms with E-state index in [2.05, 4.69) is 44.9 Å². The molecule has 2 N–H and O–H groups in total. The molecule has 0 atom stereocenters. The minimum absolute atomic E-state index is 0.653. The number of nitrogens with one attached hydrogen (secondary N) is 2. The lowest BCUT2D eigenvalue weighted by Gasteiger charge is -2.10. The molecule has 1 aliphatic carbocycles. The third-order valence-electron chi connectivity index (χ3n) is 3.62. The molecule has 4 rings (SSSR count). The van der Waals surface area contributed by atoms with Gasteiger partial charge in [-0.15, -0.1) is 0 Å². The number of rotatable bonds is 4. The fourth-order valence-corrected chi connectivity index (χ4v) is 2.39. The summed E-state index contributed by atoms with van der Waals surface area (Å²) in [5.74, 6) is 0.837. The van der Waals surface area contributed by atoms with Crippen LogP contribution in [0.4, 0.5) is 17.2 Å². The lowest BCUT2D eigenvalue weighted by Crippen LogP contribution is -2.01. The molecule has 0 radical (unpaired) electrons. The minimum atomic E-state index is 0.653. The molecule has 21 heavy (non-hydrogen) atoms. The van der Waals surface area contributed by atoms with Crippen LogP contribution in [0.5, 0.6) is 0 Å². The lowest BCUT2D eigenvalue weighted by atomic mass is 10.2. The molecule has 3 aromatic rings. The van der Waals surface area contributed by atoms with Gasteiger partial charge in [0, 0.05) is 22.8 Å². The lowest BCUT2D eigenvalue weighted by molar-refractivity contribution is 1.16. The van der Waals surface area contributed by atoms with Gasteiger partial charge in [0.15, 0.2) is 0 Å². The van der Waals surface area contributed by atoms with Gasteiger partial charge in [0.05, 0.1) is 5.52 Å².